The largest absolute Gasteiger partial charge is 0.492 e. The van der Waals surface area contributed by atoms with Gasteiger partial charge in [0, 0.05) is 30.5 Å². The summed E-state index contributed by atoms with van der Waals surface area (Å²) >= 11 is 6.26. The Kier molecular flexibility index (Phi) is 7.58. The molecule has 6 nitrogen and oxygen atoms in total. The van der Waals surface area contributed by atoms with Crippen LogP contribution in [0.3, 0.4) is 0 Å². The summed E-state index contributed by atoms with van der Waals surface area (Å²) in [5.41, 5.74) is 2.26. The number of benzene rings is 2. The Morgan fingerprint density at radius 2 is 1.94 bits per heavy atom. The van der Waals surface area contributed by atoms with Gasteiger partial charge >= 0.3 is 0 Å². The highest BCUT2D eigenvalue weighted by atomic mass is 35.5. The topological polar surface area (TPSA) is 59.8 Å². The molecule has 0 saturated carbocycles. The number of imidazole rings is 1. The Labute approximate surface area is 200 Å². The number of aliphatic hydroxyl groups is 1. The number of halogens is 1. The number of nitrogens with zero attached hydrogens (tertiary/aromatic N) is 3. The third kappa shape index (κ3) is 6.50. The smallest absolute Gasteiger partial charge is 0.120 e. The molecule has 1 fully saturated rings. The minimum Gasteiger partial charge on any atom is -0.492 e. The van der Waals surface area contributed by atoms with Gasteiger partial charge in [0.15, 0.2) is 0 Å². The highest BCUT2D eigenvalue weighted by Crippen LogP contribution is 2.28. The number of aromatic nitrogens is 2. The average molecular weight is 470 g/mol. The van der Waals surface area contributed by atoms with Crippen molar-refractivity contribution in [2.45, 2.75) is 45.4 Å². The molecule has 7 heteroatoms. The fourth-order valence-corrected chi connectivity index (χ4v) is 4.45. The molecule has 1 unspecified atom stereocenters. The number of β-amino-alcohol motifs (C(OH)–C–C–N with tert-alkyl or cyclic N) is 1. The van der Waals surface area contributed by atoms with Crippen LogP contribution in [0.4, 0.5) is 0 Å². The Morgan fingerprint density at radius 3 is 2.70 bits per heavy atom. The molecule has 1 saturated heterocycles. The molecule has 1 aromatic heterocycles. The molecule has 0 radical (unpaired) electrons. The van der Waals surface area contributed by atoms with Gasteiger partial charge in [0.25, 0.3) is 0 Å². The monoisotopic (exact) mass is 469 g/mol. The molecular weight excluding hydrogens is 438 g/mol. The highest BCUT2D eigenvalue weighted by Gasteiger charge is 2.34. The van der Waals surface area contributed by atoms with Crippen LogP contribution in [0.25, 0.3) is 0 Å². The first-order valence-electron chi connectivity index (χ1n) is 11.4. The summed E-state index contributed by atoms with van der Waals surface area (Å²) in [6.45, 7) is 7.84. The van der Waals surface area contributed by atoms with E-state index in [1.54, 1.807) is 12.5 Å². The SMILES string of the molecule is Cc1cc(OCC2(O)CCCN(Cc3cccc(OCCn4ccnc4)c3)C2)cc(C)c1Cl. The highest BCUT2D eigenvalue weighted by molar-refractivity contribution is 6.32. The van der Waals surface area contributed by atoms with Gasteiger partial charge in [0.05, 0.1) is 12.9 Å². The predicted molar refractivity (Wildman–Crippen MR) is 130 cm³/mol. The maximum absolute atomic E-state index is 11.2. The van der Waals surface area contributed by atoms with E-state index in [1.165, 1.54) is 5.56 Å². The second-order valence-corrected chi connectivity index (χ2v) is 9.37. The minimum atomic E-state index is -0.876. The van der Waals surface area contributed by atoms with Crippen LogP contribution in [0.2, 0.25) is 5.02 Å². The van der Waals surface area contributed by atoms with E-state index in [0.29, 0.717) is 13.2 Å². The lowest BCUT2D eigenvalue weighted by molar-refractivity contribution is -0.0621. The lowest BCUT2D eigenvalue weighted by atomic mass is 9.93. The molecule has 0 amide bonds. The lowest BCUT2D eigenvalue weighted by Gasteiger charge is -2.39. The summed E-state index contributed by atoms with van der Waals surface area (Å²) in [4.78, 5) is 6.33. The van der Waals surface area contributed by atoms with Crippen molar-refractivity contribution in [3.05, 3.63) is 76.8 Å². The van der Waals surface area contributed by atoms with Crippen LogP contribution in [0.5, 0.6) is 11.5 Å². The zero-order valence-electron chi connectivity index (χ0n) is 19.3. The van der Waals surface area contributed by atoms with Gasteiger partial charge in [-0.2, -0.15) is 0 Å². The van der Waals surface area contributed by atoms with Gasteiger partial charge < -0.3 is 19.1 Å². The number of rotatable bonds is 9. The number of hydrogen-bond acceptors (Lipinski definition) is 5. The summed E-state index contributed by atoms with van der Waals surface area (Å²) in [6.07, 6.45) is 7.14. The van der Waals surface area contributed by atoms with Crippen molar-refractivity contribution in [3.8, 4) is 11.5 Å². The first kappa shape index (κ1) is 23.6. The molecule has 0 aliphatic carbocycles. The number of piperidine rings is 1. The number of likely N-dealkylation sites (tertiary alicyclic amines) is 1. The van der Waals surface area contributed by atoms with E-state index in [0.717, 1.165) is 60.1 Å². The van der Waals surface area contributed by atoms with Gasteiger partial charge in [-0.05, 0) is 74.2 Å². The molecule has 176 valence electrons. The van der Waals surface area contributed by atoms with Crippen molar-refractivity contribution in [3.63, 3.8) is 0 Å². The first-order chi connectivity index (χ1) is 15.9. The van der Waals surface area contributed by atoms with Crippen molar-refractivity contribution < 1.29 is 14.6 Å². The molecule has 3 aromatic rings. The van der Waals surface area contributed by atoms with Gasteiger partial charge in [-0.25, -0.2) is 4.98 Å². The van der Waals surface area contributed by atoms with E-state index < -0.39 is 5.60 Å². The van der Waals surface area contributed by atoms with Crippen molar-refractivity contribution in [2.75, 3.05) is 26.3 Å². The maximum atomic E-state index is 11.2. The fraction of sp³-hybridized carbons (Fsp3) is 0.423. The molecule has 2 aromatic carbocycles. The van der Waals surface area contributed by atoms with Crippen LogP contribution in [0.1, 0.15) is 29.5 Å². The van der Waals surface area contributed by atoms with Crippen molar-refractivity contribution >= 4 is 11.6 Å². The van der Waals surface area contributed by atoms with E-state index in [1.807, 2.05) is 48.9 Å². The third-order valence-corrected chi connectivity index (χ3v) is 6.63. The van der Waals surface area contributed by atoms with Gasteiger partial charge in [-0.3, -0.25) is 4.90 Å². The fourth-order valence-electron chi connectivity index (χ4n) is 4.35. The lowest BCUT2D eigenvalue weighted by Crippen LogP contribution is -2.51. The second kappa shape index (κ2) is 10.6. The summed E-state index contributed by atoms with van der Waals surface area (Å²) in [5.74, 6) is 1.61. The quantitative estimate of drug-likeness (QED) is 0.494. The van der Waals surface area contributed by atoms with Crippen molar-refractivity contribution in [1.29, 1.82) is 0 Å². The Bertz CT molecular complexity index is 1030. The van der Waals surface area contributed by atoms with Crippen LogP contribution < -0.4 is 9.47 Å². The minimum absolute atomic E-state index is 0.265. The Hall–Kier alpha value is -2.54. The average Bonchev–Trinajstić information content (AvgIpc) is 3.30. The number of hydrogen-bond donors (Lipinski definition) is 1. The first-order valence-corrected chi connectivity index (χ1v) is 11.8. The van der Waals surface area contributed by atoms with Crippen LogP contribution in [-0.2, 0) is 13.1 Å². The van der Waals surface area contributed by atoms with E-state index in [9.17, 15) is 5.11 Å². The Balaban J connectivity index is 1.30. The zero-order chi connectivity index (χ0) is 23.3. The van der Waals surface area contributed by atoms with Gasteiger partial charge in [0.2, 0.25) is 0 Å². The van der Waals surface area contributed by atoms with Crippen molar-refractivity contribution in [1.82, 2.24) is 14.5 Å². The summed E-state index contributed by atoms with van der Waals surface area (Å²) in [6, 6.07) is 12.0. The summed E-state index contributed by atoms with van der Waals surface area (Å²) in [7, 11) is 0. The third-order valence-electron chi connectivity index (χ3n) is 6.03. The van der Waals surface area contributed by atoms with Gasteiger partial charge in [-0.1, -0.05) is 23.7 Å². The molecule has 0 spiro atoms. The van der Waals surface area contributed by atoms with E-state index >= 15 is 0 Å². The van der Waals surface area contributed by atoms with E-state index in [2.05, 4.69) is 22.0 Å². The predicted octanol–water partition coefficient (Wildman–Crippen LogP) is 4.64. The zero-order valence-corrected chi connectivity index (χ0v) is 20.1. The molecule has 4 rings (SSSR count). The van der Waals surface area contributed by atoms with Crippen LogP contribution >= 0.6 is 11.6 Å². The van der Waals surface area contributed by atoms with Gasteiger partial charge in [-0.15, -0.1) is 0 Å². The number of aryl methyl sites for hydroxylation is 2. The molecule has 33 heavy (non-hydrogen) atoms. The van der Waals surface area contributed by atoms with Gasteiger partial charge in [0.1, 0.15) is 30.3 Å². The normalized spacial score (nSPS) is 18.9. The molecule has 1 aliphatic rings. The molecule has 2 heterocycles. The maximum Gasteiger partial charge on any atom is 0.120 e. The molecule has 1 atom stereocenters. The van der Waals surface area contributed by atoms with E-state index in [4.69, 9.17) is 21.1 Å². The Morgan fingerprint density at radius 1 is 1.12 bits per heavy atom. The molecule has 0 bridgehead atoms. The molecule has 1 N–H and O–H groups in total. The van der Waals surface area contributed by atoms with Crippen LogP contribution in [-0.4, -0.2) is 51.5 Å². The number of ether oxygens (including phenoxy) is 2. The summed E-state index contributed by atoms with van der Waals surface area (Å²) in [5, 5.41) is 12.0. The van der Waals surface area contributed by atoms with E-state index in [-0.39, 0.29) is 6.61 Å². The van der Waals surface area contributed by atoms with Crippen LogP contribution in [0.15, 0.2) is 55.1 Å². The second-order valence-electron chi connectivity index (χ2n) is 8.99. The standard InChI is InChI=1S/C26H32ClN3O3/c1-20-13-24(14-21(2)25(20)27)33-18-26(31)7-4-9-30(17-26)16-22-5-3-6-23(15-22)32-12-11-29-10-8-28-19-29/h3,5-6,8,10,13-15,19,31H,4,7,9,11-12,16-18H2,1-2H3. The summed E-state index contributed by atoms with van der Waals surface area (Å²) < 4.78 is 13.9. The molecular formula is C26H32ClN3O3. The van der Waals surface area contributed by atoms with Crippen LogP contribution in [0, 0.1) is 13.8 Å². The van der Waals surface area contributed by atoms with Crippen molar-refractivity contribution in [2.24, 2.45) is 0 Å². The molecule has 1 aliphatic heterocycles.